The Balaban J connectivity index is 1.49. The average molecular weight is 417 g/mol. The number of carbonyl (C=O) groups is 3. The molecular formula is C21H18F3N3O3. The average Bonchev–Trinajstić information content (AvgIpc) is 2.74. The van der Waals surface area contributed by atoms with Crippen LogP contribution in [0.5, 0.6) is 0 Å². The van der Waals surface area contributed by atoms with E-state index >= 15 is 0 Å². The van der Waals surface area contributed by atoms with Crippen molar-refractivity contribution in [2.24, 2.45) is 0 Å². The van der Waals surface area contributed by atoms with E-state index in [0.29, 0.717) is 18.6 Å². The summed E-state index contributed by atoms with van der Waals surface area (Å²) in [6, 6.07) is 8.44. The van der Waals surface area contributed by atoms with Gasteiger partial charge in [-0.25, -0.2) is 13.2 Å². The molecule has 2 aliphatic heterocycles. The molecule has 0 unspecified atom stereocenters. The van der Waals surface area contributed by atoms with Crippen LogP contribution < -0.4 is 5.32 Å². The van der Waals surface area contributed by atoms with Crippen molar-refractivity contribution in [2.75, 3.05) is 19.6 Å². The Morgan fingerprint density at radius 3 is 2.43 bits per heavy atom. The number of rotatable bonds is 3. The zero-order valence-electron chi connectivity index (χ0n) is 15.8. The maximum Gasteiger partial charge on any atom is 0.257 e. The first-order valence-electron chi connectivity index (χ1n) is 9.43. The lowest BCUT2D eigenvalue weighted by molar-refractivity contribution is -0.152. The monoisotopic (exact) mass is 417 g/mol. The van der Waals surface area contributed by atoms with Crippen LogP contribution >= 0.6 is 0 Å². The summed E-state index contributed by atoms with van der Waals surface area (Å²) in [6.45, 7) is -0.0308. The molecule has 156 valence electrons. The van der Waals surface area contributed by atoms with Gasteiger partial charge in [-0.05, 0) is 11.6 Å². The maximum absolute atomic E-state index is 14.0. The summed E-state index contributed by atoms with van der Waals surface area (Å²) in [5.74, 6) is -5.46. The molecule has 9 heteroatoms. The first-order chi connectivity index (χ1) is 14.3. The van der Waals surface area contributed by atoms with Crippen molar-refractivity contribution in [1.82, 2.24) is 15.1 Å². The van der Waals surface area contributed by atoms with Crippen molar-refractivity contribution in [3.05, 3.63) is 71.0 Å². The fourth-order valence-electron chi connectivity index (χ4n) is 3.83. The van der Waals surface area contributed by atoms with E-state index < -0.39 is 46.9 Å². The molecular weight excluding hydrogens is 399 g/mol. The zero-order valence-corrected chi connectivity index (χ0v) is 15.8. The molecule has 6 nitrogen and oxygen atoms in total. The topological polar surface area (TPSA) is 69.7 Å². The largest absolute Gasteiger partial charge is 0.342 e. The number of nitrogens with one attached hydrogen (secondary N) is 1. The van der Waals surface area contributed by atoms with Crippen LogP contribution in [0.1, 0.15) is 15.9 Å². The van der Waals surface area contributed by atoms with E-state index in [-0.39, 0.29) is 25.5 Å². The highest BCUT2D eigenvalue weighted by Crippen LogP contribution is 2.21. The number of hydrogen-bond donors (Lipinski definition) is 1. The number of carbonyl (C=O) groups excluding carboxylic acids is 3. The number of hydrogen-bond acceptors (Lipinski definition) is 3. The Morgan fingerprint density at radius 2 is 1.70 bits per heavy atom. The van der Waals surface area contributed by atoms with Gasteiger partial charge in [-0.2, -0.15) is 0 Å². The molecule has 30 heavy (non-hydrogen) atoms. The normalized spacial score (nSPS) is 21.3. The molecule has 2 heterocycles. The highest BCUT2D eigenvalue weighted by Gasteiger charge is 2.44. The number of halogens is 3. The van der Waals surface area contributed by atoms with E-state index in [2.05, 4.69) is 5.32 Å². The lowest BCUT2D eigenvalue weighted by Crippen LogP contribution is -2.70. The SMILES string of the molecule is O=C1N[C@H](Cc2ccccc2)C(=O)N2CCN(C(=O)c3cc(F)c(F)cc3F)C[C@H]12. The van der Waals surface area contributed by atoms with E-state index in [0.717, 1.165) is 5.56 Å². The van der Waals surface area contributed by atoms with E-state index in [4.69, 9.17) is 0 Å². The van der Waals surface area contributed by atoms with E-state index in [9.17, 15) is 27.6 Å². The van der Waals surface area contributed by atoms with E-state index in [1.54, 1.807) is 0 Å². The molecule has 0 bridgehead atoms. The molecule has 3 amide bonds. The summed E-state index contributed by atoms with van der Waals surface area (Å²) in [7, 11) is 0. The van der Waals surface area contributed by atoms with Crippen LogP contribution in [-0.4, -0.2) is 59.2 Å². The molecule has 4 rings (SSSR count). The van der Waals surface area contributed by atoms with Crippen molar-refractivity contribution in [1.29, 1.82) is 0 Å². The maximum atomic E-state index is 14.0. The third-order valence-electron chi connectivity index (χ3n) is 5.39. The number of amides is 3. The van der Waals surface area contributed by atoms with Crippen LogP contribution in [0.15, 0.2) is 42.5 Å². The molecule has 2 fully saturated rings. The quantitative estimate of drug-likeness (QED) is 0.770. The Labute approximate surface area is 170 Å². The third kappa shape index (κ3) is 3.62. The van der Waals surface area contributed by atoms with Crippen molar-refractivity contribution in [2.45, 2.75) is 18.5 Å². The van der Waals surface area contributed by atoms with Gasteiger partial charge in [0, 0.05) is 25.6 Å². The second-order valence-corrected chi connectivity index (χ2v) is 7.30. The Kier molecular flexibility index (Phi) is 5.19. The summed E-state index contributed by atoms with van der Waals surface area (Å²) < 4.78 is 40.6. The predicted molar refractivity (Wildman–Crippen MR) is 99.8 cm³/mol. The standard InChI is InChI=1S/C21H18F3N3O3/c22-14-10-16(24)15(23)9-13(14)20(29)26-6-7-27-18(11-26)19(28)25-17(21(27)30)8-12-4-2-1-3-5-12/h1-5,9-10,17-18H,6-8,11H2,(H,25,28)/t17-,18-/m1/s1. The second-order valence-electron chi connectivity index (χ2n) is 7.30. The molecule has 2 aromatic carbocycles. The number of nitrogens with zero attached hydrogens (tertiary/aromatic N) is 2. The molecule has 0 aliphatic carbocycles. The molecule has 0 aromatic heterocycles. The molecule has 0 saturated carbocycles. The van der Waals surface area contributed by atoms with Crippen LogP contribution in [0.4, 0.5) is 13.2 Å². The van der Waals surface area contributed by atoms with Gasteiger partial charge in [-0.1, -0.05) is 30.3 Å². The highest BCUT2D eigenvalue weighted by molar-refractivity contribution is 5.99. The van der Waals surface area contributed by atoms with Gasteiger partial charge in [0.15, 0.2) is 11.6 Å². The van der Waals surface area contributed by atoms with Crippen LogP contribution in [-0.2, 0) is 16.0 Å². The fourth-order valence-corrected chi connectivity index (χ4v) is 3.83. The summed E-state index contributed by atoms with van der Waals surface area (Å²) in [5.41, 5.74) is 0.282. The summed E-state index contributed by atoms with van der Waals surface area (Å²) >= 11 is 0. The van der Waals surface area contributed by atoms with Crippen LogP contribution in [0.3, 0.4) is 0 Å². The minimum atomic E-state index is -1.39. The summed E-state index contributed by atoms with van der Waals surface area (Å²) in [4.78, 5) is 40.7. The molecule has 2 atom stereocenters. The first kappa shape index (κ1) is 19.9. The Morgan fingerprint density at radius 1 is 1.00 bits per heavy atom. The van der Waals surface area contributed by atoms with Gasteiger partial charge >= 0.3 is 0 Å². The van der Waals surface area contributed by atoms with Crippen molar-refractivity contribution in [3.63, 3.8) is 0 Å². The van der Waals surface area contributed by atoms with Crippen LogP contribution in [0.2, 0.25) is 0 Å². The van der Waals surface area contributed by atoms with Crippen LogP contribution in [0.25, 0.3) is 0 Å². The number of piperazine rings is 2. The highest BCUT2D eigenvalue weighted by atomic mass is 19.2. The zero-order chi connectivity index (χ0) is 21.4. The van der Waals surface area contributed by atoms with Gasteiger partial charge in [0.25, 0.3) is 5.91 Å². The molecule has 0 radical (unpaired) electrons. The molecule has 1 N–H and O–H groups in total. The molecule has 2 aromatic rings. The lowest BCUT2D eigenvalue weighted by atomic mass is 9.98. The molecule has 2 saturated heterocycles. The lowest BCUT2D eigenvalue weighted by Gasteiger charge is -2.45. The minimum absolute atomic E-state index is 0.0465. The van der Waals surface area contributed by atoms with Gasteiger partial charge in [-0.3, -0.25) is 14.4 Å². The van der Waals surface area contributed by atoms with E-state index in [1.807, 2.05) is 30.3 Å². The third-order valence-corrected chi connectivity index (χ3v) is 5.39. The summed E-state index contributed by atoms with van der Waals surface area (Å²) in [5, 5.41) is 2.69. The minimum Gasteiger partial charge on any atom is -0.342 e. The number of fused-ring (bicyclic) bond motifs is 1. The Hall–Kier alpha value is -3.36. The van der Waals surface area contributed by atoms with Crippen molar-refractivity contribution in [3.8, 4) is 0 Å². The molecule has 2 aliphatic rings. The van der Waals surface area contributed by atoms with Crippen LogP contribution in [0, 0.1) is 17.5 Å². The Bertz CT molecular complexity index is 1020. The second kappa shape index (κ2) is 7.81. The van der Waals surface area contributed by atoms with Crippen molar-refractivity contribution >= 4 is 17.7 Å². The van der Waals surface area contributed by atoms with Gasteiger partial charge in [0.05, 0.1) is 12.1 Å². The van der Waals surface area contributed by atoms with E-state index in [1.165, 1.54) is 9.80 Å². The van der Waals surface area contributed by atoms with Crippen molar-refractivity contribution < 1.29 is 27.6 Å². The van der Waals surface area contributed by atoms with Gasteiger partial charge in [0.2, 0.25) is 11.8 Å². The fraction of sp³-hybridized carbons (Fsp3) is 0.286. The smallest absolute Gasteiger partial charge is 0.257 e. The van der Waals surface area contributed by atoms with Gasteiger partial charge in [-0.15, -0.1) is 0 Å². The predicted octanol–water partition coefficient (Wildman–Crippen LogP) is 1.50. The first-order valence-corrected chi connectivity index (χ1v) is 9.43. The summed E-state index contributed by atoms with van der Waals surface area (Å²) in [6.07, 6.45) is 0.345. The van der Waals surface area contributed by atoms with Gasteiger partial charge in [0.1, 0.15) is 17.9 Å². The van der Waals surface area contributed by atoms with Gasteiger partial charge < -0.3 is 15.1 Å². The number of benzene rings is 2. The molecule has 0 spiro atoms.